The molecule has 1 atom stereocenters. The van der Waals surface area contributed by atoms with E-state index in [1.54, 1.807) is 0 Å². The van der Waals surface area contributed by atoms with Crippen LogP contribution in [0.3, 0.4) is 0 Å². The molecule has 1 saturated heterocycles. The number of para-hydroxylation sites is 1. The van der Waals surface area contributed by atoms with E-state index in [1.165, 1.54) is 12.7 Å². The van der Waals surface area contributed by atoms with Crippen molar-refractivity contribution in [3.05, 3.63) is 69.9 Å². The minimum absolute atomic E-state index is 0.364. The number of methoxy groups -OCH3 is 1. The van der Waals surface area contributed by atoms with Crippen LogP contribution in [0.25, 0.3) is 0 Å². The van der Waals surface area contributed by atoms with Gasteiger partial charge in [-0.3, -0.25) is 4.90 Å². The molecule has 35 heavy (non-hydrogen) atoms. The first kappa shape index (κ1) is 24.9. The number of esters is 1. The van der Waals surface area contributed by atoms with Crippen molar-refractivity contribution < 1.29 is 19.1 Å². The summed E-state index contributed by atoms with van der Waals surface area (Å²) >= 11 is 6.22. The van der Waals surface area contributed by atoms with E-state index in [-0.39, 0.29) is 6.03 Å². The number of carbonyl (C=O) groups is 2. The van der Waals surface area contributed by atoms with Crippen molar-refractivity contribution in [2.24, 2.45) is 0 Å². The first-order valence-corrected chi connectivity index (χ1v) is 12.1. The van der Waals surface area contributed by atoms with Crippen molar-refractivity contribution in [2.45, 2.75) is 19.9 Å². The van der Waals surface area contributed by atoms with Crippen LogP contribution in [-0.4, -0.2) is 63.3 Å². The zero-order chi connectivity index (χ0) is 24.9. The smallest absolute Gasteiger partial charge is 0.338 e. The lowest BCUT2D eigenvalue weighted by Crippen LogP contribution is -2.52. The van der Waals surface area contributed by atoms with E-state index >= 15 is 0 Å². The molecular formula is C26H31ClN4O4. The molecule has 0 spiro atoms. The second-order valence-electron chi connectivity index (χ2n) is 8.58. The van der Waals surface area contributed by atoms with Gasteiger partial charge in [0.25, 0.3) is 0 Å². The predicted octanol–water partition coefficient (Wildman–Crippen LogP) is 3.65. The van der Waals surface area contributed by atoms with Crippen LogP contribution < -0.4 is 20.3 Å². The molecule has 2 aromatic rings. The second kappa shape index (κ2) is 11.0. The summed E-state index contributed by atoms with van der Waals surface area (Å²) in [5.74, 6) is 0.130. The number of piperazine rings is 1. The van der Waals surface area contributed by atoms with Gasteiger partial charge in [0.15, 0.2) is 0 Å². The van der Waals surface area contributed by atoms with E-state index in [9.17, 15) is 9.59 Å². The summed E-state index contributed by atoms with van der Waals surface area (Å²) in [6.07, 6.45) is 0. The minimum Gasteiger partial charge on any atom is -0.494 e. The van der Waals surface area contributed by atoms with Crippen LogP contribution >= 0.6 is 11.6 Å². The summed E-state index contributed by atoms with van der Waals surface area (Å²) in [6, 6.07) is 12.3. The van der Waals surface area contributed by atoms with Crippen molar-refractivity contribution in [1.82, 2.24) is 15.5 Å². The van der Waals surface area contributed by atoms with Gasteiger partial charge in [0.1, 0.15) is 5.75 Å². The number of aryl methyl sites for hydroxylation is 1. The fraction of sp³-hybridized carbons (Fsp3) is 0.385. The van der Waals surface area contributed by atoms with Gasteiger partial charge in [-0.25, -0.2) is 9.59 Å². The van der Waals surface area contributed by atoms with Crippen LogP contribution in [0.5, 0.6) is 5.75 Å². The van der Waals surface area contributed by atoms with Gasteiger partial charge >= 0.3 is 12.0 Å². The molecular weight excluding hydrogens is 468 g/mol. The molecule has 2 aliphatic heterocycles. The molecule has 0 radical (unpaired) electrons. The van der Waals surface area contributed by atoms with Gasteiger partial charge in [0.05, 0.1) is 25.3 Å². The summed E-state index contributed by atoms with van der Waals surface area (Å²) in [4.78, 5) is 30.1. The van der Waals surface area contributed by atoms with Gasteiger partial charge in [0, 0.05) is 54.7 Å². The maximum atomic E-state index is 12.9. The average Bonchev–Trinajstić information content (AvgIpc) is 2.86. The number of rotatable bonds is 7. The van der Waals surface area contributed by atoms with E-state index in [2.05, 4.69) is 27.4 Å². The van der Waals surface area contributed by atoms with Crippen molar-refractivity contribution in [3.63, 3.8) is 0 Å². The Morgan fingerprint density at radius 2 is 1.89 bits per heavy atom. The SMILES string of the molecule is CCOc1ccccc1C1NC(=O)NC(CN2CCN(c3cc(Cl)ccc3C)CC2)=C1C(=O)OC. The molecule has 0 aliphatic carbocycles. The third-order valence-electron chi connectivity index (χ3n) is 6.35. The number of anilines is 1. The Kier molecular flexibility index (Phi) is 7.83. The number of ether oxygens (including phenoxy) is 2. The molecule has 2 aromatic carbocycles. The van der Waals surface area contributed by atoms with Crippen molar-refractivity contribution in [3.8, 4) is 5.75 Å². The van der Waals surface area contributed by atoms with Gasteiger partial charge < -0.3 is 25.0 Å². The maximum absolute atomic E-state index is 12.9. The Hall–Kier alpha value is -3.23. The van der Waals surface area contributed by atoms with E-state index in [4.69, 9.17) is 21.1 Å². The van der Waals surface area contributed by atoms with E-state index < -0.39 is 12.0 Å². The highest BCUT2D eigenvalue weighted by Gasteiger charge is 2.36. The lowest BCUT2D eigenvalue weighted by molar-refractivity contribution is -0.136. The number of amides is 2. The number of nitrogens with one attached hydrogen (secondary N) is 2. The standard InChI is InChI=1S/C26H31ClN4O4/c1-4-35-22-8-6-5-7-19(22)24-23(25(32)34-3)20(28-26(33)29-24)16-30-11-13-31(14-12-30)21-15-18(27)10-9-17(21)2/h5-10,15,24H,4,11-14,16H2,1-3H3,(H2,28,29,33). The number of halogens is 1. The van der Waals surface area contributed by atoms with Crippen molar-refractivity contribution in [1.29, 1.82) is 0 Å². The number of urea groups is 1. The summed E-state index contributed by atoms with van der Waals surface area (Å²) in [5.41, 5.74) is 3.95. The highest BCUT2D eigenvalue weighted by Crippen LogP contribution is 2.34. The average molecular weight is 499 g/mol. The van der Waals surface area contributed by atoms with Crippen LogP contribution in [0.15, 0.2) is 53.7 Å². The molecule has 186 valence electrons. The topological polar surface area (TPSA) is 83.1 Å². The molecule has 0 bridgehead atoms. The number of hydrogen-bond donors (Lipinski definition) is 2. The van der Waals surface area contributed by atoms with Gasteiger partial charge in [-0.15, -0.1) is 0 Å². The number of nitrogens with zero attached hydrogens (tertiary/aromatic N) is 2. The largest absolute Gasteiger partial charge is 0.494 e. The molecule has 2 aliphatic rings. The number of carbonyl (C=O) groups excluding carboxylic acids is 2. The van der Waals surface area contributed by atoms with Crippen LogP contribution in [-0.2, 0) is 9.53 Å². The molecule has 1 unspecified atom stereocenters. The molecule has 1 fully saturated rings. The lowest BCUT2D eigenvalue weighted by atomic mass is 9.94. The summed E-state index contributed by atoms with van der Waals surface area (Å²) in [5, 5.41) is 6.45. The monoisotopic (exact) mass is 498 g/mol. The Morgan fingerprint density at radius 3 is 2.60 bits per heavy atom. The van der Waals surface area contributed by atoms with E-state index in [0.29, 0.717) is 35.7 Å². The van der Waals surface area contributed by atoms with E-state index in [0.717, 1.165) is 36.9 Å². The fourth-order valence-corrected chi connectivity index (χ4v) is 4.79. The summed E-state index contributed by atoms with van der Waals surface area (Å²) < 4.78 is 10.9. The lowest BCUT2D eigenvalue weighted by Gasteiger charge is -2.38. The maximum Gasteiger partial charge on any atom is 0.338 e. The Morgan fingerprint density at radius 1 is 1.14 bits per heavy atom. The normalized spacial score (nSPS) is 18.7. The number of benzene rings is 2. The highest BCUT2D eigenvalue weighted by molar-refractivity contribution is 6.30. The van der Waals surface area contributed by atoms with Crippen LogP contribution in [0.1, 0.15) is 24.1 Å². The van der Waals surface area contributed by atoms with E-state index in [1.807, 2.05) is 49.4 Å². The van der Waals surface area contributed by atoms with Gasteiger partial charge in [-0.2, -0.15) is 0 Å². The quantitative estimate of drug-likeness (QED) is 0.567. The first-order chi connectivity index (χ1) is 16.9. The molecule has 9 heteroatoms. The number of hydrogen-bond acceptors (Lipinski definition) is 6. The molecule has 0 saturated carbocycles. The molecule has 2 amide bonds. The second-order valence-corrected chi connectivity index (χ2v) is 9.02. The molecule has 0 aromatic heterocycles. The summed E-state index contributed by atoms with van der Waals surface area (Å²) in [7, 11) is 1.35. The van der Waals surface area contributed by atoms with Crippen molar-refractivity contribution >= 4 is 29.3 Å². The van der Waals surface area contributed by atoms with Crippen LogP contribution in [0.2, 0.25) is 5.02 Å². The third kappa shape index (κ3) is 5.55. The van der Waals surface area contributed by atoms with Gasteiger partial charge in [-0.1, -0.05) is 35.9 Å². The Labute approximate surface area is 210 Å². The van der Waals surface area contributed by atoms with Crippen LogP contribution in [0.4, 0.5) is 10.5 Å². The van der Waals surface area contributed by atoms with Gasteiger partial charge in [0.2, 0.25) is 0 Å². The first-order valence-electron chi connectivity index (χ1n) is 11.7. The third-order valence-corrected chi connectivity index (χ3v) is 6.59. The van der Waals surface area contributed by atoms with Crippen molar-refractivity contribution in [2.75, 3.05) is 51.3 Å². The minimum atomic E-state index is -0.677. The molecule has 8 nitrogen and oxygen atoms in total. The highest BCUT2D eigenvalue weighted by atomic mass is 35.5. The van der Waals surface area contributed by atoms with Gasteiger partial charge in [-0.05, 0) is 37.6 Å². The molecule has 2 N–H and O–H groups in total. The Balaban J connectivity index is 1.58. The van der Waals surface area contributed by atoms with Crippen LogP contribution in [0, 0.1) is 6.92 Å². The zero-order valence-corrected chi connectivity index (χ0v) is 21.0. The predicted molar refractivity (Wildman–Crippen MR) is 136 cm³/mol. The molecule has 2 heterocycles. The molecule has 4 rings (SSSR count). The fourth-order valence-electron chi connectivity index (χ4n) is 4.63. The Bertz CT molecular complexity index is 1130. The zero-order valence-electron chi connectivity index (χ0n) is 20.3. The summed E-state index contributed by atoms with van der Waals surface area (Å²) in [6.45, 7) is 8.03.